The van der Waals surface area contributed by atoms with Crippen LogP contribution >= 0.6 is 0 Å². The summed E-state index contributed by atoms with van der Waals surface area (Å²) in [4.78, 5) is 4.73. The predicted octanol–water partition coefficient (Wildman–Crippen LogP) is 3.65. The maximum absolute atomic E-state index is 6.01. The molecule has 0 spiro atoms. The molecule has 2 aromatic rings. The van der Waals surface area contributed by atoms with Crippen molar-refractivity contribution in [3.05, 3.63) is 47.5 Å². The average molecular weight is 325 g/mol. The van der Waals surface area contributed by atoms with Crippen LogP contribution in [-0.4, -0.2) is 22.7 Å². The molecule has 1 aromatic carbocycles. The van der Waals surface area contributed by atoms with Gasteiger partial charge in [-0.15, -0.1) is 0 Å². The molecule has 1 N–H and O–H groups in total. The SMILES string of the molecule is Cc1cn2c(n1)[C@H](CNCc1ccccc1OCC1CC1)CCC2. The Morgan fingerprint density at radius 1 is 1.25 bits per heavy atom. The van der Waals surface area contributed by atoms with Gasteiger partial charge in [0.2, 0.25) is 0 Å². The zero-order valence-electron chi connectivity index (χ0n) is 14.5. The van der Waals surface area contributed by atoms with E-state index in [1.807, 2.05) is 0 Å². The van der Waals surface area contributed by atoms with E-state index >= 15 is 0 Å². The summed E-state index contributed by atoms with van der Waals surface area (Å²) in [5.41, 5.74) is 2.39. The van der Waals surface area contributed by atoms with Gasteiger partial charge in [0.15, 0.2) is 0 Å². The van der Waals surface area contributed by atoms with Gasteiger partial charge in [0, 0.05) is 37.3 Å². The Kier molecular flexibility index (Phi) is 4.56. The number of hydrogen-bond donors (Lipinski definition) is 1. The Hall–Kier alpha value is -1.81. The summed E-state index contributed by atoms with van der Waals surface area (Å²) >= 11 is 0. The van der Waals surface area contributed by atoms with E-state index in [0.29, 0.717) is 5.92 Å². The van der Waals surface area contributed by atoms with Crippen LogP contribution in [0.4, 0.5) is 0 Å². The van der Waals surface area contributed by atoms with Crippen molar-refractivity contribution in [2.45, 2.75) is 51.6 Å². The van der Waals surface area contributed by atoms with Crippen LogP contribution in [-0.2, 0) is 13.1 Å². The second-order valence-electron chi connectivity index (χ2n) is 7.27. The van der Waals surface area contributed by atoms with Crippen LogP contribution in [0.15, 0.2) is 30.5 Å². The summed E-state index contributed by atoms with van der Waals surface area (Å²) in [7, 11) is 0. The van der Waals surface area contributed by atoms with Gasteiger partial charge in [0.1, 0.15) is 11.6 Å². The monoisotopic (exact) mass is 325 g/mol. The van der Waals surface area contributed by atoms with Gasteiger partial charge in [-0.25, -0.2) is 4.98 Å². The van der Waals surface area contributed by atoms with Gasteiger partial charge in [-0.2, -0.15) is 0 Å². The number of aryl methyl sites for hydroxylation is 2. The van der Waals surface area contributed by atoms with E-state index in [1.165, 1.54) is 37.1 Å². The van der Waals surface area contributed by atoms with E-state index < -0.39 is 0 Å². The lowest BCUT2D eigenvalue weighted by Crippen LogP contribution is -2.26. The van der Waals surface area contributed by atoms with E-state index in [-0.39, 0.29) is 0 Å². The first-order valence-corrected chi connectivity index (χ1v) is 9.24. The zero-order valence-corrected chi connectivity index (χ0v) is 14.5. The fourth-order valence-corrected chi connectivity index (χ4v) is 3.56. The number of ether oxygens (including phenoxy) is 1. The Labute approximate surface area is 144 Å². The Morgan fingerprint density at radius 3 is 3.00 bits per heavy atom. The van der Waals surface area contributed by atoms with Gasteiger partial charge in [0.05, 0.1) is 12.3 Å². The molecule has 128 valence electrons. The third-order valence-electron chi connectivity index (χ3n) is 5.09. The van der Waals surface area contributed by atoms with Crippen molar-refractivity contribution in [1.82, 2.24) is 14.9 Å². The zero-order chi connectivity index (χ0) is 16.4. The summed E-state index contributed by atoms with van der Waals surface area (Å²) in [6.45, 7) is 5.91. The van der Waals surface area contributed by atoms with E-state index in [0.717, 1.165) is 43.6 Å². The van der Waals surface area contributed by atoms with Gasteiger partial charge in [-0.3, -0.25) is 0 Å². The van der Waals surface area contributed by atoms with Crippen molar-refractivity contribution < 1.29 is 4.74 Å². The largest absolute Gasteiger partial charge is 0.493 e. The van der Waals surface area contributed by atoms with Crippen LogP contribution in [0.25, 0.3) is 0 Å². The minimum absolute atomic E-state index is 0.520. The summed E-state index contributed by atoms with van der Waals surface area (Å²) in [6.07, 6.45) is 7.31. The van der Waals surface area contributed by atoms with Crippen molar-refractivity contribution in [2.24, 2.45) is 5.92 Å². The van der Waals surface area contributed by atoms with E-state index in [1.54, 1.807) is 0 Å². The average Bonchev–Trinajstić information content (AvgIpc) is 3.33. The molecule has 1 aliphatic carbocycles. The number of para-hydroxylation sites is 1. The summed E-state index contributed by atoms with van der Waals surface area (Å²) in [5, 5.41) is 3.63. The number of imidazole rings is 1. The molecule has 24 heavy (non-hydrogen) atoms. The molecule has 1 aromatic heterocycles. The van der Waals surface area contributed by atoms with E-state index in [2.05, 4.69) is 47.3 Å². The van der Waals surface area contributed by atoms with Crippen LogP contribution in [0.1, 0.15) is 48.7 Å². The first kappa shape index (κ1) is 15.7. The highest BCUT2D eigenvalue weighted by Gasteiger charge is 2.23. The molecular formula is C20H27N3O. The number of benzene rings is 1. The first-order chi connectivity index (χ1) is 11.8. The van der Waals surface area contributed by atoms with Crippen molar-refractivity contribution in [3.63, 3.8) is 0 Å². The van der Waals surface area contributed by atoms with Crippen LogP contribution in [0, 0.1) is 12.8 Å². The molecule has 2 heterocycles. The normalized spacial score (nSPS) is 20.0. The molecule has 4 heteroatoms. The Balaban J connectivity index is 1.34. The number of hydrogen-bond acceptors (Lipinski definition) is 3. The molecule has 0 radical (unpaired) electrons. The number of nitrogens with zero attached hydrogens (tertiary/aromatic N) is 2. The lowest BCUT2D eigenvalue weighted by Gasteiger charge is -2.24. The first-order valence-electron chi connectivity index (χ1n) is 9.24. The fourth-order valence-electron chi connectivity index (χ4n) is 3.56. The molecule has 0 unspecified atom stereocenters. The molecule has 1 atom stereocenters. The smallest absolute Gasteiger partial charge is 0.123 e. The van der Waals surface area contributed by atoms with Gasteiger partial charge < -0.3 is 14.6 Å². The number of fused-ring (bicyclic) bond motifs is 1. The maximum Gasteiger partial charge on any atom is 0.123 e. The van der Waals surface area contributed by atoms with Crippen molar-refractivity contribution in [3.8, 4) is 5.75 Å². The predicted molar refractivity (Wildman–Crippen MR) is 95.3 cm³/mol. The highest BCUT2D eigenvalue weighted by atomic mass is 16.5. The van der Waals surface area contributed by atoms with Crippen molar-refractivity contribution >= 4 is 0 Å². The number of aromatic nitrogens is 2. The lowest BCUT2D eigenvalue weighted by molar-refractivity contribution is 0.296. The maximum atomic E-state index is 6.01. The molecule has 1 fully saturated rings. The lowest BCUT2D eigenvalue weighted by atomic mass is 9.99. The molecule has 2 aliphatic rings. The van der Waals surface area contributed by atoms with E-state index in [9.17, 15) is 0 Å². The van der Waals surface area contributed by atoms with Gasteiger partial charge in [0.25, 0.3) is 0 Å². The Bertz CT molecular complexity index is 690. The van der Waals surface area contributed by atoms with E-state index in [4.69, 9.17) is 9.72 Å². The Morgan fingerprint density at radius 2 is 2.12 bits per heavy atom. The van der Waals surface area contributed by atoms with Crippen LogP contribution in [0.2, 0.25) is 0 Å². The molecule has 0 bridgehead atoms. The summed E-state index contributed by atoms with van der Waals surface area (Å²) < 4.78 is 8.34. The number of rotatable bonds is 7. The van der Waals surface area contributed by atoms with Gasteiger partial charge in [-0.05, 0) is 44.6 Å². The topological polar surface area (TPSA) is 39.1 Å². The fraction of sp³-hybridized carbons (Fsp3) is 0.550. The highest BCUT2D eigenvalue weighted by molar-refractivity contribution is 5.33. The summed E-state index contributed by atoms with van der Waals surface area (Å²) in [5.74, 6) is 3.60. The minimum atomic E-state index is 0.520. The summed E-state index contributed by atoms with van der Waals surface area (Å²) in [6, 6.07) is 8.42. The molecule has 1 aliphatic heterocycles. The molecule has 4 rings (SSSR count). The standard InChI is InChI=1S/C20H27N3O/c1-15-13-23-10-4-6-18(20(23)22-15)12-21-11-17-5-2-3-7-19(17)24-14-16-8-9-16/h2-3,5,7,13,16,18,21H,4,6,8-12,14H2,1H3/t18-/m0/s1. The van der Waals surface area contributed by atoms with Crippen LogP contribution in [0.3, 0.4) is 0 Å². The highest BCUT2D eigenvalue weighted by Crippen LogP contribution is 2.30. The molecule has 1 saturated carbocycles. The second-order valence-corrected chi connectivity index (χ2v) is 7.27. The molecule has 4 nitrogen and oxygen atoms in total. The third-order valence-corrected chi connectivity index (χ3v) is 5.09. The minimum Gasteiger partial charge on any atom is -0.493 e. The van der Waals surface area contributed by atoms with Gasteiger partial charge >= 0.3 is 0 Å². The molecule has 0 saturated heterocycles. The quantitative estimate of drug-likeness (QED) is 0.844. The molecular weight excluding hydrogens is 298 g/mol. The van der Waals surface area contributed by atoms with Gasteiger partial charge in [-0.1, -0.05) is 18.2 Å². The van der Waals surface area contributed by atoms with Crippen molar-refractivity contribution in [2.75, 3.05) is 13.2 Å². The second kappa shape index (κ2) is 6.98. The third kappa shape index (κ3) is 3.64. The van der Waals surface area contributed by atoms with Crippen LogP contribution in [0.5, 0.6) is 5.75 Å². The van der Waals surface area contributed by atoms with Crippen molar-refractivity contribution in [1.29, 1.82) is 0 Å². The molecule has 0 amide bonds. The number of nitrogens with one attached hydrogen (secondary N) is 1. The van der Waals surface area contributed by atoms with Crippen LogP contribution < -0.4 is 10.1 Å².